The highest BCUT2D eigenvalue weighted by Gasteiger charge is 2.46. The number of aromatic nitrogens is 2. The summed E-state index contributed by atoms with van der Waals surface area (Å²) in [5, 5.41) is 3.03. The lowest BCUT2D eigenvalue weighted by atomic mass is 9.61. The third kappa shape index (κ3) is 2.48. The Morgan fingerprint density at radius 1 is 1.32 bits per heavy atom. The number of hydrogen-bond acceptors (Lipinski definition) is 4. The Bertz CT molecular complexity index is 455. The molecule has 7 heteroatoms. The Morgan fingerprint density at radius 2 is 1.95 bits per heavy atom. The first kappa shape index (κ1) is 14.3. The molecule has 1 fully saturated rings. The van der Waals surface area contributed by atoms with Crippen molar-refractivity contribution in [2.45, 2.75) is 51.7 Å². The molecule has 3 unspecified atom stereocenters. The van der Waals surface area contributed by atoms with E-state index in [1.807, 2.05) is 20.8 Å². The lowest BCUT2D eigenvalue weighted by molar-refractivity contribution is -0.146. The molecule has 108 valence electrons. The molecule has 1 heterocycles. The van der Waals surface area contributed by atoms with Crippen molar-refractivity contribution in [1.82, 2.24) is 10.1 Å². The van der Waals surface area contributed by atoms with Gasteiger partial charge in [0.2, 0.25) is 5.89 Å². The molecular formula is C12H18F3N3O. The highest BCUT2D eigenvalue weighted by atomic mass is 19.4. The quantitative estimate of drug-likeness (QED) is 0.857. The van der Waals surface area contributed by atoms with E-state index >= 15 is 0 Å². The zero-order valence-electron chi connectivity index (χ0n) is 11.2. The first-order valence-electron chi connectivity index (χ1n) is 6.30. The van der Waals surface area contributed by atoms with Crippen molar-refractivity contribution < 1.29 is 17.7 Å². The number of alkyl halides is 3. The predicted molar refractivity (Wildman–Crippen MR) is 62.2 cm³/mol. The molecule has 1 aliphatic carbocycles. The molecule has 3 atom stereocenters. The number of rotatable bonds is 1. The summed E-state index contributed by atoms with van der Waals surface area (Å²) in [6.45, 7) is 5.98. The van der Waals surface area contributed by atoms with E-state index in [4.69, 9.17) is 10.3 Å². The number of nitrogens with zero attached hydrogens (tertiary/aromatic N) is 2. The van der Waals surface area contributed by atoms with Gasteiger partial charge in [-0.2, -0.15) is 18.2 Å². The molecule has 2 rings (SSSR count). The van der Waals surface area contributed by atoms with Crippen molar-refractivity contribution in [3.8, 4) is 0 Å². The molecule has 4 nitrogen and oxygen atoms in total. The Hall–Kier alpha value is -1.11. The van der Waals surface area contributed by atoms with E-state index in [1.165, 1.54) is 0 Å². The van der Waals surface area contributed by atoms with Crippen LogP contribution in [0.4, 0.5) is 13.2 Å². The molecule has 0 spiro atoms. The van der Waals surface area contributed by atoms with E-state index in [-0.39, 0.29) is 29.2 Å². The fourth-order valence-corrected chi connectivity index (χ4v) is 2.78. The minimum Gasteiger partial charge on any atom is -0.339 e. The van der Waals surface area contributed by atoms with E-state index in [1.54, 1.807) is 0 Å². The molecule has 0 bridgehead atoms. The lowest BCUT2D eigenvalue weighted by Crippen LogP contribution is -2.45. The van der Waals surface area contributed by atoms with Crippen LogP contribution in [-0.4, -0.2) is 16.2 Å². The van der Waals surface area contributed by atoms with Crippen molar-refractivity contribution in [3.63, 3.8) is 0 Å². The van der Waals surface area contributed by atoms with Gasteiger partial charge in [0.25, 0.3) is 5.82 Å². The van der Waals surface area contributed by atoms with Crippen LogP contribution in [0.5, 0.6) is 0 Å². The summed E-state index contributed by atoms with van der Waals surface area (Å²) in [5.74, 6) is -1.16. The van der Waals surface area contributed by atoms with E-state index in [0.717, 1.165) is 6.42 Å². The summed E-state index contributed by atoms with van der Waals surface area (Å²) in [7, 11) is 0. The average Bonchev–Trinajstić information content (AvgIpc) is 2.75. The van der Waals surface area contributed by atoms with Crippen LogP contribution >= 0.6 is 0 Å². The van der Waals surface area contributed by atoms with Crippen molar-refractivity contribution in [2.75, 3.05) is 0 Å². The van der Waals surface area contributed by atoms with Gasteiger partial charge >= 0.3 is 6.18 Å². The van der Waals surface area contributed by atoms with Crippen LogP contribution in [0.15, 0.2) is 4.52 Å². The number of nitrogens with two attached hydrogens (primary N) is 1. The second kappa shape index (κ2) is 4.47. The molecule has 0 aliphatic heterocycles. The molecule has 1 saturated carbocycles. The first-order chi connectivity index (χ1) is 8.64. The first-order valence-corrected chi connectivity index (χ1v) is 6.30. The standard InChI is InChI=1S/C12H18F3N3O/c1-6-8(16)5-4-7(11(6,2)3)9-17-10(18-19-9)12(13,14)15/h6-8H,4-5,16H2,1-3H3. The minimum atomic E-state index is -4.57. The summed E-state index contributed by atoms with van der Waals surface area (Å²) in [6.07, 6.45) is -3.15. The molecule has 1 aromatic heterocycles. The number of halogens is 3. The van der Waals surface area contributed by atoms with E-state index in [2.05, 4.69) is 10.1 Å². The smallest absolute Gasteiger partial charge is 0.339 e. The Kier molecular flexibility index (Phi) is 3.36. The Labute approximate surface area is 109 Å². The van der Waals surface area contributed by atoms with Gasteiger partial charge in [0.05, 0.1) is 0 Å². The fraction of sp³-hybridized carbons (Fsp3) is 0.833. The Balaban J connectivity index is 2.29. The third-order valence-electron chi connectivity index (χ3n) is 4.50. The predicted octanol–water partition coefficient (Wildman–Crippen LogP) is 2.96. The van der Waals surface area contributed by atoms with Crippen LogP contribution in [0.3, 0.4) is 0 Å². The summed E-state index contributed by atoms with van der Waals surface area (Å²) in [6, 6.07) is 0.0521. The largest absolute Gasteiger partial charge is 0.455 e. The third-order valence-corrected chi connectivity index (χ3v) is 4.50. The topological polar surface area (TPSA) is 64.9 Å². The lowest BCUT2D eigenvalue weighted by Gasteiger charge is -2.45. The molecular weight excluding hydrogens is 259 g/mol. The summed E-state index contributed by atoms with van der Waals surface area (Å²) < 4.78 is 42.3. The molecule has 0 amide bonds. The number of hydrogen-bond donors (Lipinski definition) is 1. The average molecular weight is 277 g/mol. The molecule has 0 aromatic carbocycles. The molecule has 0 radical (unpaired) electrons. The van der Waals surface area contributed by atoms with E-state index in [0.29, 0.717) is 6.42 Å². The molecule has 2 N–H and O–H groups in total. The van der Waals surface area contributed by atoms with Crippen molar-refractivity contribution in [2.24, 2.45) is 17.1 Å². The normalized spacial score (nSPS) is 31.4. The maximum absolute atomic E-state index is 12.5. The van der Waals surface area contributed by atoms with Gasteiger partial charge in [0, 0.05) is 12.0 Å². The minimum absolute atomic E-state index is 0.0521. The Morgan fingerprint density at radius 3 is 2.47 bits per heavy atom. The van der Waals surface area contributed by atoms with Crippen LogP contribution < -0.4 is 5.73 Å². The second-order valence-corrected chi connectivity index (χ2v) is 5.86. The summed E-state index contributed by atoms with van der Waals surface area (Å²) >= 11 is 0. The monoisotopic (exact) mass is 277 g/mol. The van der Waals surface area contributed by atoms with E-state index in [9.17, 15) is 13.2 Å². The molecule has 1 aliphatic rings. The fourth-order valence-electron chi connectivity index (χ4n) is 2.78. The summed E-state index contributed by atoms with van der Waals surface area (Å²) in [4.78, 5) is 3.52. The van der Waals surface area contributed by atoms with Gasteiger partial charge in [-0.1, -0.05) is 25.9 Å². The van der Waals surface area contributed by atoms with Gasteiger partial charge < -0.3 is 10.3 Å². The van der Waals surface area contributed by atoms with Gasteiger partial charge in [0.1, 0.15) is 0 Å². The molecule has 0 saturated heterocycles. The van der Waals surface area contributed by atoms with Crippen molar-refractivity contribution in [3.05, 3.63) is 11.7 Å². The van der Waals surface area contributed by atoms with Gasteiger partial charge in [-0.3, -0.25) is 0 Å². The highest BCUT2D eigenvalue weighted by Crippen LogP contribution is 2.49. The van der Waals surface area contributed by atoms with Crippen molar-refractivity contribution in [1.29, 1.82) is 0 Å². The van der Waals surface area contributed by atoms with Crippen molar-refractivity contribution >= 4 is 0 Å². The summed E-state index contributed by atoms with van der Waals surface area (Å²) in [5.41, 5.74) is 5.75. The van der Waals surface area contributed by atoms with Gasteiger partial charge in [-0.15, -0.1) is 0 Å². The SMILES string of the molecule is CC1C(N)CCC(c2nc(C(F)(F)F)no2)C1(C)C. The second-order valence-electron chi connectivity index (χ2n) is 5.86. The van der Waals surface area contributed by atoms with Gasteiger partial charge in [-0.05, 0) is 24.2 Å². The van der Waals surface area contributed by atoms with E-state index < -0.39 is 12.0 Å². The van der Waals surface area contributed by atoms with Crippen LogP contribution in [-0.2, 0) is 6.18 Å². The molecule has 1 aromatic rings. The maximum atomic E-state index is 12.5. The highest BCUT2D eigenvalue weighted by molar-refractivity contribution is 5.07. The van der Waals surface area contributed by atoms with Crippen LogP contribution in [0.1, 0.15) is 51.2 Å². The van der Waals surface area contributed by atoms with Gasteiger partial charge in [0.15, 0.2) is 0 Å². The zero-order chi connectivity index (χ0) is 14.4. The van der Waals surface area contributed by atoms with Crippen LogP contribution in [0.25, 0.3) is 0 Å². The van der Waals surface area contributed by atoms with Gasteiger partial charge in [-0.25, -0.2) is 0 Å². The maximum Gasteiger partial charge on any atom is 0.455 e. The molecule has 19 heavy (non-hydrogen) atoms. The van der Waals surface area contributed by atoms with Crippen LogP contribution in [0.2, 0.25) is 0 Å². The zero-order valence-corrected chi connectivity index (χ0v) is 11.2. The van der Waals surface area contributed by atoms with Crippen LogP contribution in [0, 0.1) is 11.3 Å².